The number of piperidine rings is 1. The zero-order valence-corrected chi connectivity index (χ0v) is 30.1. The molecule has 1 fully saturated rings. The molecule has 12 heteroatoms. The number of alkyl halides is 6. The summed E-state index contributed by atoms with van der Waals surface area (Å²) < 4.78 is 92.6. The lowest BCUT2D eigenvalue weighted by molar-refractivity contribution is -0.226. The van der Waals surface area contributed by atoms with Gasteiger partial charge in [0.05, 0.1) is 20.6 Å². The van der Waals surface area contributed by atoms with Crippen LogP contribution in [0.15, 0.2) is 66.7 Å². The van der Waals surface area contributed by atoms with Crippen LogP contribution < -0.4 is 10.1 Å². The first-order chi connectivity index (χ1) is 24.6. The molecule has 284 valence electrons. The molecule has 3 aromatic carbocycles. The molecular formula is C40H48F6N2O4. The fraction of sp³-hybridized carbons (Fsp3) is 0.500. The van der Waals surface area contributed by atoms with Crippen LogP contribution >= 0.6 is 0 Å². The maximum Gasteiger partial charge on any atom is 0.403 e. The van der Waals surface area contributed by atoms with Crippen LogP contribution in [0.2, 0.25) is 0 Å². The van der Waals surface area contributed by atoms with E-state index in [2.05, 4.69) is 29.4 Å². The van der Waals surface area contributed by atoms with Crippen LogP contribution in [-0.2, 0) is 27.2 Å². The van der Waals surface area contributed by atoms with Crippen LogP contribution in [0.5, 0.6) is 5.75 Å². The highest BCUT2D eigenvalue weighted by atomic mass is 19.4. The number of rotatable bonds is 15. The van der Waals surface area contributed by atoms with Gasteiger partial charge < -0.3 is 19.7 Å². The molecule has 0 radical (unpaired) electrons. The third kappa shape index (κ3) is 10.1. The number of nitrogens with zero attached hydrogens (tertiary/aromatic N) is 1. The van der Waals surface area contributed by atoms with Crippen molar-refractivity contribution in [1.82, 2.24) is 10.2 Å². The minimum absolute atomic E-state index is 0.0309. The second kappa shape index (κ2) is 17.6. The number of hydrogen-bond donors (Lipinski definition) is 1. The summed E-state index contributed by atoms with van der Waals surface area (Å²) in [6, 6.07) is 15.8. The molecule has 0 aliphatic carbocycles. The summed E-state index contributed by atoms with van der Waals surface area (Å²) in [6.45, 7) is 3.61. The van der Waals surface area contributed by atoms with Gasteiger partial charge in [-0.05, 0) is 104 Å². The summed E-state index contributed by atoms with van der Waals surface area (Å²) in [7, 11) is 4.82. The second-order valence-corrected chi connectivity index (χ2v) is 13.7. The molecule has 1 heterocycles. The number of amides is 1. The van der Waals surface area contributed by atoms with E-state index < -0.39 is 61.4 Å². The molecule has 1 N–H and O–H groups in total. The summed E-state index contributed by atoms with van der Waals surface area (Å²) in [4.78, 5) is 29.0. The van der Waals surface area contributed by atoms with Crippen molar-refractivity contribution in [3.8, 4) is 16.9 Å². The van der Waals surface area contributed by atoms with E-state index >= 15 is 0 Å². The van der Waals surface area contributed by atoms with Crippen molar-refractivity contribution < 1.29 is 45.4 Å². The second-order valence-electron chi connectivity index (χ2n) is 13.7. The van der Waals surface area contributed by atoms with Crippen LogP contribution in [0.25, 0.3) is 21.9 Å². The van der Waals surface area contributed by atoms with Crippen molar-refractivity contribution >= 4 is 22.6 Å². The van der Waals surface area contributed by atoms with E-state index in [0.717, 1.165) is 73.5 Å². The number of esters is 1. The lowest BCUT2D eigenvalue weighted by atomic mass is 9.77. The molecule has 1 unspecified atom stereocenters. The molecule has 1 saturated heterocycles. The topological polar surface area (TPSA) is 67.9 Å². The van der Waals surface area contributed by atoms with Crippen LogP contribution in [0, 0.1) is 11.3 Å². The fourth-order valence-corrected chi connectivity index (χ4v) is 7.19. The van der Waals surface area contributed by atoms with Crippen LogP contribution in [-0.4, -0.2) is 69.5 Å². The Kier molecular flexibility index (Phi) is 13.8. The van der Waals surface area contributed by atoms with Gasteiger partial charge in [-0.2, -0.15) is 26.3 Å². The Morgan fingerprint density at radius 3 is 2.25 bits per heavy atom. The quantitative estimate of drug-likeness (QED) is 0.0959. The first-order valence-corrected chi connectivity index (χ1v) is 17.7. The number of allylic oxidation sites excluding steroid dienone is 2. The number of hydrogen-bond acceptors (Lipinski definition) is 5. The normalized spacial score (nSPS) is 16.5. The highest BCUT2D eigenvalue weighted by Crippen LogP contribution is 2.46. The molecule has 1 aliphatic heterocycles. The fourth-order valence-electron chi connectivity index (χ4n) is 7.19. The zero-order chi connectivity index (χ0) is 38.1. The van der Waals surface area contributed by atoms with Gasteiger partial charge in [-0.1, -0.05) is 68.0 Å². The molecule has 0 saturated carbocycles. The van der Waals surface area contributed by atoms with Crippen LogP contribution in [0.3, 0.4) is 0 Å². The largest absolute Gasteiger partial charge is 0.496 e. The van der Waals surface area contributed by atoms with Gasteiger partial charge in [-0.15, -0.1) is 0 Å². The Morgan fingerprint density at radius 2 is 1.62 bits per heavy atom. The lowest BCUT2D eigenvalue weighted by Gasteiger charge is -2.35. The smallest absolute Gasteiger partial charge is 0.403 e. The number of carbonyl (C=O) groups is 2. The zero-order valence-electron chi connectivity index (χ0n) is 30.1. The van der Waals surface area contributed by atoms with Crippen molar-refractivity contribution in [2.24, 2.45) is 11.3 Å². The Labute approximate surface area is 301 Å². The summed E-state index contributed by atoms with van der Waals surface area (Å²) in [5, 5.41) is 3.89. The molecule has 2 atom stereocenters. The number of carbonyl (C=O) groups excluding carboxylic acids is 2. The highest BCUT2D eigenvalue weighted by molar-refractivity contribution is 6.00. The van der Waals surface area contributed by atoms with Crippen molar-refractivity contribution in [2.75, 3.05) is 34.4 Å². The maximum atomic E-state index is 14.7. The van der Waals surface area contributed by atoms with E-state index in [0.29, 0.717) is 17.2 Å². The third-order valence-electron chi connectivity index (χ3n) is 10.1. The number of fused-ring (bicyclic) bond motifs is 1. The molecular weight excluding hydrogens is 686 g/mol. The van der Waals surface area contributed by atoms with Gasteiger partial charge in [-0.25, -0.2) is 4.79 Å². The van der Waals surface area contributed by atoms with Crippen molar-refractivity contribution in [3.05, 3.63) is 77.9 Å². The van der Waals surface area contributed by atoms with Crippen LogP contribution in [0.4, 0.5) is 26.3 Å². The maximum absolute atomic E-state index is 14.7. The van der Waals surface area contributed by atoms with E-state index in [9.17, 15) is 35.9 Å². The van der Waals surface area contributed by atoms with Gasteiger partial charge >= 0.3 is 18.3 Å². The van der Waals surface area contributed by atoms with E-state index in [1.165, 1.54) is 12.5 Å². The highest BCUT2D eigenvalue weighted by Gasteiger charge is 2.59. The first kappa shape index (κ1) is 40.7. The van der Waals surface area contributed by atoms with E-state index in [-0.39, 0.29) is 12.8 Å². The Bertz CT molecular complexity index is 1700. The van der Waals surface area contributed by atoms with Gasteiger partial charge in [0.25, 0.3) is 0 Å². The Morgan fingerprint density at radius 1 is 0.923 bits per heavy atom. The molecule has 0 bridgehead atoms. The third-order valence-corrected chi connectivity index (χ3v) is 10.1. The van der Waals surface area contributed by atoms with Gasteiger partial charge in [0.2, 0.25) is 5.91 Å². The Balaban J connectivity index is 1.66. The number of benzene rings is 3. The van der Waals surface area contributed by atoms with Gasteiger partial charge in [0, 0.05) is 12.0 Å². The monoisotopic (exact) mass is 734 g/mol. The van der Waals surface area contributed by atoms with Crippen molar-refractivity contribution in [2.45, 2.75) is 83.1 Å². The van der Waals surface area contributed by atoms with Crippen LogP contribution in [0.1, 0.15) is 63.0 Å². The van der Waals surface area contributed by atoms with Gasteiger partial charge in [-0.3, -0.25) is 4.79 Å². The molecule has 6 nitrogen and oxygen atoms in total. The standard InChI is InChI=1S/C40H48F6N2O4/c1-5-19-38(40(44,45)46,20-7-6-8-21-39(41,42)43)37(50)47-34(36(49)52-4)26-29-11-9-13-31-30(29)12-10-14-32(31)33-25-28(15-16-35(33)51-3)24-27-17-22-48(2)23-18-27/h6,8-16,25,27,34H,5,7,17-24,26H2,1-4H3,(H,47,50)/b8-6-/t34-,38?/m0/s1. The predicted molar refractivity (Wildman–Crippen MR) is 190 cm³/mol. The summed E-state index contributed by atoms with van der Waals surface area (Å²) in [5.41, 5.74) is 0.602. The molecule has 4 rings (SSSR count). The first-order valence-electron chi connectivity index (χ1n) is 17.7. The minimum atomic E-state index is -5.04. The SMILES string of the molecule is CCCC(CC/C=C\CC(F)(F)F)(C(=O)N[C@@H](Cc1cccc2c(-c3cc(CC4CCN(C)CC4)ccc3OC)cccc12)C(=O)OC)C(F)(F)F. The summed E-state index contributed by atoms with van der Waals surface area (Å²) >= 11 is 0. The number of methoxy groups -OCH3 is 2. The molecule has 3 aromatic rings. The lowest BCUT2D eigenvalue weighted by Crippen LogP contribution is -2.55. The van der Waals surface area contributed by atoms with Crippen molar-refractivity contribution in [1.29, 1.82) is 0 Å². The molecule has 1 aliphatic rings. The number of nitrogens with one attached hydrogen (secondary N) is 1. The number of ether oxygens (including phenoxy) is 2. The molecule has 0 aromatic heterocycles. The summed E-state index contributed by atoms with van der Waals surface area (Å²) in [5.74, 6) is -1.10. The molecule has 1 amide bonds. The van der Waals surface area contributed by atoms with E-state index in [4.69, 9.17) is 9.47 Å². The minimum Gasteiger partial charge on any atom is -0.496 e. The molecule has 0 spiro atoms. The van der Waals surface area contributed by atoms with E-state index in [1.807, 2.05) is 30.3 Å². The molecule has 52 heavy (non-hydrogen) atoms. The average Bonchev–Trinajstić information content (AvgIpc) is 3.10. The average molecular weight is 735 g/mol. The Hall–Kier alpha value is -4.06. The number of likely N-dealkylation sites (tertiary alicyclic amines) is 1. The van der Waals surface area contributed by atoms with Crippen molar-refractivity contribution in [3.63, 3.8) is 0 Å². The van der Waals surface area contributed by atoms with Gasteiger partial charge in [0.15, 0.2) is 0 Å². The predicted octanol–water partition coefficient (Wildman–Crippen LogP) is 9.24. The summed E-state index contributed by atoms with van der Waals surface area (Å²) in [6.07, 6.45) is -7.92. The van der Waals surface area contributed by atoms with E-state index in [1.54, 1.807) is 19.2 Å². The van der Waals surface area contributed by atoms with Gasteiger partial charge in [0.1, 0.15) is 17.2 Å². The number of halogens is 6.